The Hall–Kier alpha value is -4.78. The molecule has 0 unspecified atom stereocenters. The molecule has 214 valence electrons. The molecule has 3 rings (SSSR count). The van der Waals surface area contributed by atoms with E-state index in [1.807, 2.05) is 30.3 Å². The Morgan fingerprint density at radius 2 is 1.66 bits per heavy atom. The molecule has 41 heavy (non-hydrogen) atoms. The molecule has 0 heterocycles. The van der Waals surface area contributed by atoms with Gasteiger partial charge in [-0.2, -0.15) is 16.9 Å². The molecule has 2 N–H and O–H groups in total. The highest BCUT2D eigenvalue weighted by atomic mass is 32.2. The van der Waals surface area contributed by atoms with Crippen molar-refractivity contribution in [1.82, 2.24) is 10.7 Å². The second-order valence-corrected chi connectivity index (χ2v) is 9.81. The molecule has 12 nitrogen and oxygen atoms in total. The Morgan fingerprint density at radius 3 is 2.27 bits per heavy atom. The van der Waals surface area contributed by atoms with Crippen LogP contribution in [-0.2, 0) is 10.5 Å². The molecular weight excluding hydrogens is 550 g/mol. The first-order chi connectivity index (χ1) is 19.8. The maximum absolute atomic E-state index is 13.0. The van der Waals surface area contributed by atoms with Crippen molar-refractivity contribution in [1.29, 1.82) is 0 Å². The minimum atomic E-state index is -1.10. The van der Waals surface area contributed by atoms with Crippen molar-refractivity contribution in [3.63, 3.8) is 0 Å². The van der Waals surface area contributed by atoms with E-state index in [9.17, 15) is 29.8 Å². The number of nitro groups is 2. The van der Waals surface area contributed by atoms with Gasteiger partial charge in [0.2, 0.25) is 0 Å². The molecule has 2 amide bonds. The smallest absolute Gasteiger partial charge is 0.277 e. The minimum Gasteiger partial charge on any atom is -0.494 e. The second-order valence-electron chi connectivity index (χ2n) is 8.78. The van der Waals surface area contributed by atoms with Gasteiger partial charge in [-0.05, 0) is 41.8 Å². The number of thioether (sulfide) groups is 1. The number of non-ortho nitro benzene ring substituents is 2. The van der Waals surface area contributed by atoms with Crippen LogP contribution in [0.15, 0.2) is 77.9 Å². The van der Waals surface area contributed by atoms with Crippen molar-refractivity contribution in [2.24, 2.45) is 5.10 Å². The lowest BCUT2D eigenvalue weighted by Gasteiger charge is -2.17. The molecule has 3 aromatic carbocycles. The van der Waals surface area contributed by atoms with Crippen molar-refractivity contribution in [3.8, 4) is 5.75 Å². The maximum Gasteiger partial charge on any atom is 0.277 e. The Bertz CT molecular complexity index is 1350. The summed E-state index contributed by atoms with van der Waals surface area (Å²) < 4.78 is 5.63. The first-order valence-corrected chi connectivity index (χ1v) is 13.8. The highest BCUT2D eigenvalue weighted by molar-refractivity contribution is 7.98. The number of hydrogen-bond donors (Lipinski definition) is 2. The maximum atomic E-state index is 13.0. The number of hydrazone groups is 1. The molecule has 13 heteroatoms. The van der Waals surface area contributed by atoms with E-state index < -0.39 is 39.1 Å². The Kier molecular flexibility index (Phi) is 11.8. The average Bonchev–Trinajstić information content (AvgIpc) is 2.97. The first kappa shape index (κ1) is 30.8. The van der Waals surface area contributed by atoms with Gasteiger partial charge in [-0.15, -0.1) is 0 Å². The summed E-state index contributed by atoms with van der Waals surface area (Å²) in [5.41, 5.74) is 2.57. The van der Waals surface area contributed by atoms with E-state index in [-0.39, 0.29) is 11.3 Å². The Morgan fingerprint density at radius 1 is 1.00 bits per heavy atom. The van der Waals surface area contributed by atoms with Gasteiger partial charge < -0.3 is 10.1 Å². The summed E-state index contributed by atoms with van der Waals surface area (Å²) in [6.45, 7) is 2.70. The van der Waals surface area contributed by atoms with Gasteiger partial charge in [0.25, 0.3) is 23.2 Å². The summed E-state index contributed by atoms with van der Waals surface area (Å²) in [7, 11) is 0. The molecule has 0 aliphatic carbocycles. The van der Waals surface area contributed by atoms with Crippen LogP contribution in [0.2, 0.25) is 0 Å². The molecule has 0 saturated heterocycles. The molecule has 0 bridgehead atoms. The van der Waals surface area contributed by atoms with Gasteiger partial charge in [-0.25, -0.2) is 5.43 Å². The number of unbranched alkanes of at least 4 members (excludes halogenated alkanes) is 1. The van der Waals surface area contributed by atoms with Crippen LogP contribution in [0.25, 0.3) is 0 Å². The van der Waals surface area contributed by atoms with Crippen molar-refractivity contribution in [2.75, 3.05) is 12.4 Å². The topological polar surface area (TPSA) is 166 Å². The number of nitrogens with one attached hydrogen (secondary N) is 2. The number of ether oxygens (including phenoxy) is 1. The third-order valence-corrected chi connectivity index (χ3v) is 6.75. The Labute approximate surface area is 240 Å². The summed E-state index contributed by atoms with van der Waals surface area (Å²) in [5.74, 6) is -0.0876. The fourth-order valence-corrected chi connectivity index (χ4v) is 4.48. The van der Waals surface area contributed by atoms with Crippen molar-refractivity contribution in [2.45, 2.75) is 31.6 Å². The zero-order valence-electron chi connectivity index (χ0n) is 22.2. The van der Waals surface area contributed by atoms with Gasteiger partial charge in [0, 0.05) is 23.6 Å². The summed E-state index contributed by atoms with van der Waals surface area (Å²) in [4.78, 5) is 46.8. The summed E-state index contributed by atoms with van der Waals surface area (Å²) in [5, 5.41) is 29.0. The van der Waals surface area contributed by atoms with E-state index in [1.165, 1.54) is 18.0 Å². The highest BCUT2D eigenvalue weighted by Crippen LogP contribution is 2.23. The van der Waals surface area contributed by atoms with Crippen LogP contribution in [0.3, 0.4) is 0 Å². The number of carbonyl (C=O) groups is 2. The van der Waals surface area contributed by atoms with Gasteiger partial charge in [-0.1, -0.05) is 43.7 Å². The van der Waals surface area contributed by atoms with E-state index in [0.29, 0.717) is 17.9 Å². The minimum absolute atomic E-state index is 0.142. The van der Waals surface area contributed by atoms with E-state index in [2.05, 4.69) is 22.8 Å². The van der Waals surface area contributed by atoms with Crippen LogP contribution in [0.5, 0.6) is 5.75 Å². The van der Waals surface area contributed by atoms with Crippen LogP contribution in [0.4, 0.5) is 11.4 Å². The Balaban J connectivity index is 1.70. The summed E-state index contributed by atoms with van der Waals surface area (Å²) >= 11 is 1.38. The van der Waals surface area contributed by atoms with Crippen LogP contribution in [0.1, 0.15) is 41.3 Å². The standard InChI is InChI=1S/C28H29N5O7S/c1-2-3-13-40-25-11-9-20(10-12-25)17-29-31-28(35)26(19-41-18-21-7-5-4-6-8-21)30-27(34)22-14-23(32(36)37)16-24(15-22)33(38)39/h4-12,14-17,26H,2-3,13,18-19H2,1H3,(H,30,34)(H,31,35)/t26-/m0/s1. The summed E-state index contributed by atoms with van der Waals surface area (Å²) in [6, 6.07) is 18.1. The second kappa shape index (κ2) is 15.7. The fraction of sp³-hybridized carbons (Fsp3) is 0.250. The van der Waals surface area contributed by atoms with Crippen molar-refractivity contribution >= 4 is 41.2 Å². The number of rotatable bonds is 15. The van der Waals surface area contributed by atoms with E-state index in [0.717, 1.165) is 42.4 Å². The molecule has 0 saturated carbocycles. The quantitative estimate of drug-likeness (QED) is 0.111. The van der Waals surface area contributed by atoms with Gasteiger partial charge >= 0.3 is 0 Å². The largest absolute Gasteiger partial charge is 0.494 e. The van der Waals surface area contributed by atoms with Crippen molar-refractivity contribution in [3.05, 3.63) is 110 Å². The lowest BCUT2D eigenvalue weighted by molar-refractivity contribution is -0.394. The van der Waals surface area contributed by atoms with Crippen LogP contribution >= 0.6 is 11.8 Å². The van der Waals surface area contributed by atoms with E-state index in [1.54, 1.807) is 24.3 Å². The highest BCUT2D eigenvalue weighted by Gasteiger charge is 2.25. The number of amides is 2. The molecule has 0 aromatic heterocycles. The number of hydrogen-bond acceptors (Lipinski definition) is 9. The van der Waals surface area contributed by atoms with Crippen molar-refractivity contribution < 1.29 is 24.2 Å². The normalized spacial score (nSPS) is 11.5. The lowest BCUT2D eigenvalue weighted by Crippen LogP contribution is -2.47. The molecular formula is C28H29N5O7S. The average molecular weight is 580 g/mol. The van der Waals surface area contributed by atoms with Gasteiger partial charge in [0.05, 0.1) is 34.3 Å². The number of nitrogens with zero attached hydrogens (tertiary/aromatic N) is 3. The van der Waals surface area contributed by atoms with Gasteiger partial charge in [-0.3, -0.25) is 29.8 Å². The molecule has 0 radical (unpaired) electrons. The fourth-order valence-electron chi connectivity index (χ4n) is 3.46. The third kappa shape index (κ3) is 10.0. The van der Waals surface area contributed by atoms with E-state index >= 15 is 0 Å². The van der Waals surface area contributed by atoms with Gasteiger partial charge in [0.15, 0.2) is 0 Å². The summed E-state index contributed by atoms with van der Waals surface area (Å²) in [6.07, 6.45) is 3.42. The van der Waals surface area contributed by atoms with E-state index in [4.69, 9.17) is 4.74 Å². The predicted molar refractivity (Wildman–Crippen MR) is 156 cm³/mol. The molecule has 0 aliphatic heterocycles. The first-order valence-electron chi connectivity index (χ1n) is 12.7. The van der Waals surface area contributed by atoms with Crippen LogP contribution in [-0.4, -0.2) is 46.3 Å². The molecule has 0 spiro atoms. The zero-order valence-corrected chi connectivity index (χ0v) is 23.0. The van der Waals surface area contributed by atoms with Crippen LogP contribution < -0.4 is 15.5 Å². The van der Waals surface area contributed by atoms with Gasteiger partial charge in [0.1, 0.15) is 11.8 Å². The monoisotopic (exact) mass is 579 g/mol. The number of carbonyl (C=O) groups excluding carboxylic acids is 2. The molecule has 0 fully saturated rings. The molecule has 0 aliphatic rings. The number of nitro benzene ring substituents is 2. The lowest BCUT2D eigenvalue weighted by atomic mass is 10.1. The molecule has 1 atom stereocenters. The third-order valence-electron chi connectivity index (χ3n) is 5.64. The van der Waals surface area contributed by atoms with Crippen LogP contribution in [0, 0.1) is 20.2 Å². The SMILES string of the molecule is CCCCOc1ccc(C=NNC(=O)[C@H](CSCc2ccccc2)NC(=O)c2cc([N+](=O)[O-])cc([N+](=O)[O-])c2)cc1. The number of benzene rings is 3. The predicted octanol–water partition coefficient (Wildman–Crippen LogP) is 4.86. The zero-order chi connectivity index (χ0) is 29.6. The molecule has 3 aromatic rings.